The summed E-state index contributed by atoms with van der Waals surface area (Å²) >= 11 is 0. The minimum absolute atomic E-state index is 0.0236. The number of carboxylic acids is 1. The standard InChI is InChI=1S/C12H18O4/c13-7-3-1-2-4-10-9(8-12(15)16)5-6-11(10)14/h1-2,9-10,13H,3-8H2,(H,15,16)/p-1/b2-1-/t9-,10+/m1/s1. The Morgan fingerprint density at radius 1 is 1.50 bits per heavy atom. The predicted molar refractivity (Wildman–Crippen MR) is 56.3 cm³/mol. The van der Waals surface area contributed by atoms with Gasteiger partial charge in [0.05, 0.1) is 0 Å². The highest BCUT2D eigenvalue weighted by molar-refractivity contribution is 5.84. The van der Waals surface area contributed by atoms with Crippen molar-refractivity contribution < 1.29 is 19.8 Å². The van der Waals surface area contributed by atoms with Crippen molar-refractivity contribution in [1.82, 2.24) is 0 Å². The van der Waals surface area contributed by atoms with Crippen LogP contribution in [0.15, 0.2) is 12.2 Å². The van der Waals surface area contributed by atoms with Crippen molar-refractivity contribution in [2.75, 3.05) is 6.61 Å². The predicted octanol–water partition coefficient (Wildman–Crippen LogP) is 0.0504. The Morgan fingerprint density at radius 3 is 2.88 bits per heavy atom. The van der Waals surface area contributed by atoms with Gasteiger partial charge in [-0.25, -0.2) is 0 Å². The van der Waals surface area contributed by atoms with Crippen LogP contribution in [0.2, 0.25) is 0 Å². The lowest BCUT2D eigenvalue weighted by Crippen LogP contribution is -2.27. The fraction of sp³-hybridized carbons (Fsp3) is 0.667. The third-order valence-electron chi connectivity index (χ3n) is 3.03. The maximum absolute atomic E-state index is 11.5. The third-order valence-corrected chi connectivity index (χ3v) is 3.03. The third kappa shape index (κ3) is 3.77. The van der Waals surface area contributed by atoms with Crippen molar-refractivity contribution in [1.29, 1.82) is 0 Å². The number of rotatable bonds is 6. The molecule has 1 fully saturated rings. The van der Waals surface area contributed by atoms with E-state index >= 15 is 0 Å². The van der Waals surface area contributed by atoms with Gasteiger partial charge in [-0.1, -0.05) is 12.2 Å². The van der Waals surface area contributed by atoms with Crippen molar-refractivity contribution in [3.05, 3.63) is 12.2 Å². The van der Waals surface area contributed by atoms with Crippen LogP contribution in [0.3, 0.4) is 0 Å². The topological polar surface area (TPSA) is 77.4 Å². The number of carbonyl (C=O) groups excluding carboxylic acids is 2. The number of hydrogen-bond acceptors (Lipinski definition) is 4. The number of carbonyl (C=O) groups is 2. The molecule has 0 spiro atoms. The lowest BCUT2D eigenvalue weighted by molar-refractivity contribution is -0.307. The molecule has 0 bridgehead atoms. The molecular weight excluding hydrogens is 208 g/mol. The number of ketones is 1. The van der Waals surface area contributed by atoms with Crippen LogP contribution in [0.4, 0.5) is 0 Å². The molecule has 4 nitrogen and oxygen atoms in total. The van der Waals surface area contributed by atoms with E-state index in [1.54, 1.807) is 0 Å². The molecule has 1 rings (SSSR count). The normalized spacial score (nSPS) is 25.4. The minimum atomic E-state index is -1.08. The second-order valence-corrected chi connectivity index (χ2v) is 4.17. The number of aliphatic hydroxyl groups is 1. The Kier molecular flexibility index (Phi) is 5.19. The molecule has 90 valence electrons. The highest BCUT2D eigenvalue weighted by atomic mass is 16.4. The van der Waals surface area contributed by atoms with Crippen molar-refractivity contribution in [2.24, 2.45) is 11.8 Å². The average molecular weight is 225 g/mol. The first-order valence-corrected chi connectivity index (χ1v) is 5.63. The smallest absolute Gasteiger partial charge is 0.136 e. The Hall–Kier alpha value is -1.16. The summed E-state index contributed by atoms with van der Waals surface area (Å²) in [5.41, 5.74) is 0. The average Bonchev–Trinajstić information content (AvgIpc) is 2.55. The van der Waals surface area contributed by atoms with Gasteiger partial charge in [-0.2, -0.15) is 0 Å². The van der Waals surface area contributed by atoms with E-state index < -0.39 is 5.97 Å². The summed E-state index contributed by atoms with van der Waals surface area (Å²) in [5, 5.41) is 19.1. The molecule has 0 aromatic rings. The summed E-state index contributed by atoms with van der Waals surface area (Å²) in [5.74, 6) is -1.17. The van der Waals surface area contributed by atoms with Gasteiger partial charge in [-0.05, 0) is 31.6 Å². The number of aliphatic carboxylic acids is 1. The Morgan fingerprint density at radius 2 is 2.25 bits per heavy atom. The SMILES string of the molecule is O=C([O-])C[C@H]1CCC(=O)[C@H]1C/C=C\CCO. The monoisotopic (exact) mass is 225 g/mol. The van der Waals surface area contributed by atoms with E-state index in [4.69, 9.17) is 5.11 Å². The van der Waals surface area contributed by atoms with Gasteiger partial charge in [0.15, 0.2) is 0 Å². The Bertz CT molecular complexity index is 283. The molecule has 0 aromatic carbocycles. The van der Waals surface area contributed by atoms with Crippen LogP contribution in [0.25, 0.3) is 0 Å². The second-order valence-electron chi connectivity index (χ2n) is 4.17. The van der Waals surface area contributed by atoms with Gasteiger partial charge in [0.1, 0.15) is 5.78 Å². The van der Waals surface area contributed by atoms with E-state index in [1.807, 2.05) is 12.2 Å². The molecule has 1 aliphatic carbocycles. The van der Waals surface area contributed by atoms with E-state index in [2.05, 4.69) is 0 Å². The lowest BCUT2D eigenvalue weighted by atomic mass is 9.89. The lowest BCUT2D eigenvalue weighted by Gasteiger charge is -2.17. The molecule has 1 aliphatic rings. The second kappa shape index (κ2) is 6.43. The molecule has 0 aromatic heterocycles. The summed E-state index contributed by atoms with van der Waals surface area (Å²) in [4.78, 5) is 22.0. The zero-order valence-corrected chi connectivity index (χ0v) is 9.22. The van der Waals surface area contributed by atoms with Gasteiger partial charge in [0.25, 0.3) is 0 Å². The summed E-state index contributed by atoms with van der Waals surface area (Å²) in [7, 11) is 0. The van der Waals surface area contributed by atoms with Gasteiger partial charge < -0.3 is 15.0 Å². The van der Waals surface area contributed by atoms with Crippen LogP contribution in [0.5, 0.6) is 0 Å². The number of carboxylic acid groups (broad SMARTS) is 1. The van der Waals surface area contributed by atoms with Crippen molar-refractivity contribution >= 4 is 11.8 Å². The summed E-state index contributed by atoms with van der Waals surface area (Å²) < 4.78 is 0. The van der Waals surface area contributed by atoms with Crippen LogP contribution >= 0.6 is 0 Å². The number of aliphatic hydroxyl groups excluding tert-OH is 1. The fourth-order valence-electron chi connectivity index (χ4n) is 2.19. The molecule has 0 heterocycles. The van der Waals surface area contributed by atoms with Gasteiger partial charge in [-0.3, -0.25) is 4.79 Å². The maximum Gasteiger partial charge on any atom is 0.136 e. The highest BCUT2D eigenvalue weighted by Gasteiger charge is 2.33. The van der Waals surface area contributed by atoms with Crippen molar-refractivity contribution in [2.45, 2.75) is 32.1 Å². The molecule has 1 saturated carbocycles. The molecule has 0 saturated heterocycles. The molecular formula is C12H17O4-. The minimum Gasteiger partial charge on any atom is -0.550 e. The number of hydrogen-bond donors (Lipinski definition) is 1. The van der Waals surface area contributed by atoms with Crippen LogP contribution in [0.1, 0.15) is 32.1 Å². The fourth-order valence-corrected chi connectivity index (χ4v) is 2.19. The quantitative estimate of drug-likeness (QED) is 0.648. The van der Waals surface area contributed by atoms with E-state index in [-0.39, 0.29) is 30.6 Å². The first kappa shape index (κ1) is 12.9. The van der Waals surface area contributed by atoms with Crippen molar-refractivity contribution in [3.8, 4) is 0 Å². The molecule has 16 heavy (non-hydrogen) atoms. The first-order chi connectivity index (χ1) is 7.65. The van der Waals surface area contributed by atoms with Gasteiger partial charge in [-0.15, -0.1) is 0 Å². The molecule has 4 heteroatoms. The maximum atomic E-state index is 11.5. The first-order valence-electron chi connectivity index (χ1n) is 5.63. The van der Waals surface area contributed by atoms with Crippen molar-refractivity contribution in [3.63, 3.8) is 0 Å². The van der Waals surface area contributed by atoms with Gasteiger partial charge >= 0.3 is 0 Å². The summed E-state index contributed by atoms with van der Waals surface area (Å²) in [6, 6.07) is 0. The Labute approximate surface area is 95.0 Å². The zero-order valence-electron chi connectivity index (χ0n) is 9.22. The van der Waals surface area contributed by atoms with E-state index in [0.717, 1.165) is 0 Å². The van der Waals surface area contributed by atoms with Crippen LogP contribution in [-0.2, 0) is 9.59 Å². The van der Waals surface area contributed by atoms with Gasteiger partial charge in [0, 0.05) is 24.9 Å². The van der Waals surface area contributed by atoms with E-state index in [0.29, 0.717) is 25.7 Å². The number of Topliss-reactive ketones (excluding diaryl/α,β-unsaturated/α-hetero) is 1. The van der Waals surface area contributed by atoms with Crippen LogP contribution < -0.4 is 5.11 Å². The number of allylic oxidation sites excluding steroid dienone is 1. The molecule has 0 aliphatic heterocycles. The molecule has 1 N–H and O–H groups in total. The zero-order chi connectivity index (χ0) is 12.0. The van der Waals surface area contributed by atoms with E-state index in [9.17, 15) is 14.7 Å². The molecule has 0 unspecified atom stereocenters. The van der Waals surface area contributed by atoms with Gasteiger partial charge in [0.2, 0.25) is 0 Å². The molecule has 0 radical (unpaired) electrons. The largest absolute Gasteiger partial charge is 0.550 e. The highest BCUT2D eigenvalue weighted by Crippen LogP contribution is 2.33. The van der Waals surface area contributed by atoms with Crippen LogP contribution in [0, 0.1) is 11.8 Å². The molecule has 2 atom stereocenters. The summed E-state index contributed by atoms with van der Waals surface area (Å²) in [6.45, 7) is 0.0948. The molecule has 0 amide bonds. The summed E-state index contributed by atoms with van der Waals surface area (Å²) in [6.07, 6.45) is 5.95. The van der Waals surface area contributed by atoms with Crippen LogP contribution in [-0.4, -0.2) is 23.5 Å². The Balaban J connectivity index is 2.46. The van der Waals surface area contributed by atoms with E-state index in [1.165, 1.54) is 0 Å².